The van der Waals surface area contributed by atoms with Crippen LogP contribution >= 0.6 is 0 Å². The van der Waals surface area contributed by atoms with Crippen molar-refractivity contribution in [3.05, 3.63) is 35.4 Å². The number of rotatable bonds is 3. The van der Waals surface area contributed by atoms with Crippen molar-refractivity contribution in [2.24, 2.45) is 0 Å². The molecule has 1 aromatic carbocycles. The minimum Gasteiger partial charge on any atom is -0.385 e. The molecule has 0 aliphatic heterocycles. The summed E-state index contributed by atoms with van der Waals surface area (Å²) in [4.78, 5) is 0. The molecule has 1 N–H and O–H groups in total. The number of ether oxygens (including phenoxy) is 1. The van der Waals surface area contributed by atoms with Crippen molar-refractivity contribution < 1.29 is 18.6 Å². The van der Waals surface area contributed by atoms with Gasteiger partial charge in [-0.25, -0.2) is 8.78 Å². The number of hydrogen-bond acceptors (Lipinski definition) is 2. The first-order chi connectivity index (χ1) is 6.88. The summed E-state index contributed by atoms with van der Waals surface area (Å²) in [6, 6.07) is 2.96. The van der Waals surface area contributed by atoms with Crippen LogP contribution in [-0.4, -0.2) is 17.8 Å². The van der Waals surface area contributed by atoms with Crippen LogP contribution in [0.4, 0.5) is 8.78 Å². The number of halogens is 2. The predicted octanol–water partition coefficient (Wildman–Crippen LogP) is 2.42. The highest BCUT2D eigenvalue weighted by molar-refractivity contribution is 5.23. The summed E-state index contributed by atoms with van der Waals surface area (Å²) in [5.74, 6) is -1.23. The Morgan fingerprint density at radius 3 is 2.47 bits per heavy atom. The molecular weight excluding hydrogens is 202 g/mol. The lowest BCUT2D eigenvalue weighted by atomic mass is 9.94. The highest BCUT2D eigenvalue weighted by atomic mass is 19.1. The van der Waals surface area contributed by atoms with Gasteiger partial charge in [0.15, 0.2) is 0 Å². The Labute approximate surface area is 87.5 Å². The Bertz CT molecular complexity index is 350. The van der Waals surface area contributed by atoms with Gasteiger partial charge in [-0.1, -0.05) is 0 Å². The number of aliphatic hydroxyl groups excluding tert-OH is 1. The van der Waals surface area contributed by atoms with Crippen molar-refractivity contribution in [2.45, 2.75) is 25.6 Å². The first kappa shape index (κ1) is 12.1. The fourth-order valence-corrected chi connectivity index (χ4v) is 1.21. The smallest absolute Gasteiger partial charge is 0.129 e. The minimum atomic E-state index is -1.21. The molecule has 1 atom stereocenters. The maximum atomic E-state index is 13.3. The second-order valence-electron chi connectivity index (χ2n) is 3.88. The molecule has 0 fully saturated rings. The van der Waals surface area contributed by atoms with Gasteiger partial charge in [0.25, 0.3) is 0 Å². The molecule has 0 saturated heterocycles. The monoisotopic (exact) mass is 216 g/mol. The Morgan fingerprint density at radius 2 is 1.93 bits per heavy atom. The van der Waals surface area contributed by atoms with E-state index in [-0.39, 0.29) is 5.56 Å². The van der Waals surface area contributed by atoms with Gasteiger partial charge in [-0.2, -0.15) is 0 Å². The van der Waals surface area contributed by atoms with Gasteiger partial charge in [-0.05, 0) is 32.0 Å². The third-order valence-corrected chi connectivity index (χ3v) is 2.44. The molecular formula is C11H14F2O2. The van der Waals surface area contributed by atoms with Crippen LogP contribution in [0.2, 0.25) is 0 Å². The van der Waals surface area contributed by atoms with Gasteiger partial charge in [-0.3, -0.25) is 0 Å². The average molecular weight is 216 g/mol. The molecule has 0 aromatic heterocycles. The largest absolute Gasteiger partial charge is 0.385 e. The Hall–Kier alpha value is -1.00. The van der Waals surface area contributed by atoms with Crippen LogP contribution in [-0.2, 0) is 4.74 Å². The quantitative estimate of drug-likeness (QED) is 0.840. The summed E-state index contributed by atoms with van der Waals surface area (Å²) in [5.41, 5.74) is -1.06. The Kier molecular flexibility index (Phi) is 3.42. The van der Waals surface area contributed by atoms with Crippen molar-refractivity contribution in [2.75, 3.05) is 7.11 Å². The van der Waals surface area contributed by atoms with E-state index in [0.717, 1.165) is 18.2 Å². The van der Waals surface area contributed by atoms with Gasteiger partial charge in [-0.15, -0.1) is 0 Å². The molecule has 1 rings (SSSR count). The van der Waals surface area contributed by atoms with E-state index in [9.17, 15) is 13.9 Å². The van der Waals surface area contributed by atoms with Crippen LogP contribution in [0.1, 0.15) is 25.5 Å². The van der Waals surface area contributed by atoms with Crippen molar-refractivity contribution in [3.63, 3.8) is 0 Å². The van der Waals surface area contributed by atoms with Crippen molar-refractivity contribution >= 4 is 0 Å². The SMILES string of the molecule is COC(C)(C)C(O)c1cc(F)ccc1F. The third-order valence-electron chi connectivity index (χ3n) is 2.44. The van der Waals surface area contributed by atoms with E-state index in [2.05, 4.69) is 0 Å². The van der Waals surface area contributed by atoms with Crippen molar-refractivity contribution in [1.29, 1.82) is 0 Å². The number of benzene rings is 1. The zero-order chi connectivity index (χ0) is 11.6. The molecule has 15 heavy (non-hydrogen) atoms. The summed E-state index contributed by atoms with van der Waals surface area (Å²) < 4.78 is 31.2. The minimum absolute atomic E-state index is 0.0955. The summed E-state index contributed by atoms with van der Waals surface area (Å²) in [6.07, 6.45) is -1.21. The van der Waals surface area contributed by atoms with Crippen LogP contribution in [0.25, 0.3) is 0 Å². The number of hydrogen-bond donors (Lipinski definition) is 1. The van der Waals surface area contributed by atoms with E-state index < -0.39 is 23.3 Å². The first-order valence-electron chi connectivity index (χ1n) is 4.56. The van der Waals surface area contributed by atoms with Gasteiger partial charge in [0.05, 0.1) is 5.60 Å². The zero-order valence-electron chi connectivity index (χ0n) is 8.92. The topological polar surface area (TPSA) is 29.5 Å². The molecule has 0 bridgehead atoms. The summed E-state index contributed by atoms with van der Waals surface area (Å²) in [7, 11) is 1.40. The highest BCUT2D eigenvalue weighted by Gasteiger charge is 2.31. The van der Waals surface area contributed by atoms with E-state index >= 15 is 0 Å². The van der Waals surface area contributed by atoms with Crippen LogP contribution in [0.5, 0.6) is 0 Å². The fourth-order valence-electron chi connectivity index (χ4n) is 1.21. The molecule has 1 unspecified atom stereocenters. The number of aliphatic hydroxyl groups is 1. The standard InChI is InChI=1S/C11H14F2O2/c1-11(2,15-3)10(14)8-6-7(12)4-5-9(8)13/h4-6,10,14H,1-3H3. The van der Waals surface area contributed by atoms with Crippen LogP contribution in [0, 0.1) is 11.6 Å². The van der Waals surface area contributed by atoms with Gasteiger partial charge in [0.1, 0.15) is 17.7 Å². The van der Waals surface area contributed by atoms with Crippen LogP contribution < -0.4 is 0 Å². The summed E-state index contributed by atoms with van der Waals surface area (Å²) >= 11 is 0. The molecule has 0 radical (unpaired) electrons. The summed E-state index contributed by atoms with van der Waals surface area (Å²) in [5, 5.41) is 9.82. The molecule has 0 heterocycles. The zero-order valence-corrected chi connectivity index (χ0v) is 8.92. The highest BCUT2D eigenvalue weighted by Crippen LogP contribution is 2.30. The van der Waals surface area contributed by atoms with E-state index in [1.54, 1.807) is 13.8 Å². The fraction of sp³-hybridized carbons (Fsp3) is 0.455. The molecule has 0 saturated carbocycles. The molecule has 2 nitrogen and oxygen atoms in total. The van der Waals surface area contributed by atoms with Crippen LogP contribution in [0.15, 0.2) is 18.2 Å². The lowest BCUT2D eigenvalue weighted by Gasteiger charge is -2.29. The normalized spacial score (nSPS) is 14.0. The molecule has 4 heteroatoms. The average Bonchev–Trinajstić information content (AvgIpc) is 2.20. The van der Waals surface area contributed by atoms with E-state index in [4.69, 9.17) is 4.74 Å². The first-order valence-corrected chi connectivity index (χ1v) is 4.56. The van der Waals surface area contributed by atoms with Crippen molar-refractivity contribution in [3.8, 4) is 0 Å². The molecule has 0 aliphatic rings. The third kappa shape index (κ3) is 2.52. The van der Waals surface area contributed by atoms with Crippen molar-refractivity contribution in [1.82, 2.24) is 0 Å². The van der Waals surface area contributed by atoms with Gasteiger partial charge < -0.3 is 9.84 Å². The van der Waals surface area contributed by atoms with Crippen LogP contribution in [0.3, 0.4) is 0 Å². The lowest BCUT2D eigenvalue weighted by Crippen LogP contribution is -2.32. The molecule has 0 aliphatic carbocycles. The number of methoxy groups -OCH3 is 1. The predicted molar refractivity (Wildman–Crippen MR) is 52.4 cm³/mol. The Morgan fingerprint density at radius 1 is 1.33 bits per heavy atom. The summed E-state index contributed by atoms with van der Waals surface area (Å²) in [6.45, 7) is 3.20. The van der Waals surface area contributed by atoms with Gasteiger partial charge >= 0.3 is 0 Å². The van der Waals surface area contributed by atoms with E-state index in [0.29, 0.717) is 0 Å². The van der Waals surface area contributed by atoms with Gasteiger partial charge in [0.2, 0.25) is 0 Å². The Balaban J connectivity index is 3.10. The molecule has 0 amide bonds. The maximum Gasteiger partial charge on any atom is 0.129 e. The molecule has 1 aromatic rings. The molecule has 0 spiro atoms. The van der Waals surface area contributed by atoms with E-state index in [1.165, 1.54) is 7.11 Å². The second kappa shape index (κ2) is 4.24. The second-order valence-corrected chi connectivity index (χ2v) is 3.88. The van der Waals surface area contributed by atoms with Gasteiger partial charge in [0, 0.05) is 12.7 Å². The molecule has 84 valence electrons. The van der Waals surface area contributed by atoms with E-state index in [1.807, 2.05) is 0 Å². The lowest BCUT2D eigenvalue weighted by molar-refractivity contribution is -0.0806. The maximum absolute atomic E-state index is 13.3.